The Morgan fingerprint density at radius 1 is 1.54 bits per heavy atom. The smallest absolute Gasteiger partial charge is 0.306 e. The zero-order valence-corrected chi connectivity index (χ0v) is 8.91. The number of rotatable bonds is 3. The summed E-state index contributed by atoms with van der Waals surface area (Å²) in [6, 6.07) is 7.68. The van der Waals surface area contributed by atoms with Gasteiger partial charge in [-0.05, 0) is 18.1 Å². The average molecular weight is 243 g/mol. The van der Waals surface area contributed by atoms with E-state index in [0.717, 1.165) is 10.0 Å². The van der Waals surface area contributed by atoms with Crippen molar-refractivity contribution in [2.75, 3.05) is 0 Å². The topological polar surface area (TPSA) is 37.3 Å². The molecule has 1 aromatic rings. The second kappa shape index (κ2) is 4.42. The fraction of sp³-hybridized carbons (Fsp3) is 0.300. The fourth-order valence-electron chi connectivity index (χ4n) is 1.08. The van der Waals surface area contributed by atoms with E-state index in [4.69, 9.17) is 5.11 Å². The van der Waals surface area contributed by atoms with Crippen LogP contribution in [0.5, 0.6) is 0 Å². The normalized spacial score (nSPS) is 12.5. The summed E-state index contributed by atoms with van der Waals surface area (Å²) < 4.78 is 0.975. The maximum atomic E-state index is 10.6. The molecule has 0 saturated heterocycles. The number of hydrogen-bond donors (Lipinski definition) is 1. The van der Waals surface area contributed by atoms with Crippen LogP contribution in [0.15, 0.2) is 28.7 Å². The summed E-state index contributed by atoms with van der Waals surface area (Å²) >= 11 is 3.38. The number of hydrogen-bond acceptors (Lipinski definition) is 1. The molecule has 0 saturated carbocycles. The Labute approximate surface area is 85.7 Å². The average Bonchev–Trinajstić information content (AvgIpc) is 2.08. The zero-order chi connectivity index (χ0) is 9.84. The lowest BCUT2D eigenvalue weighted by Crippen LogP contribution is -2.12. The Balaban J connectivity index is 2.74. The molecule has 0 fully saturated rings. The van der Waals surface area contributed by atoms with Gasteiger partial charge in [0.2, 0.25) is 0 Å². The minimum Gasteiger partial charge on any atom is -0.481 e. The summed E-state index contributed by atoms with van der Waals surface area (Å²) in [5.74, 6) is -1.09. The van der Waals surface area contributed by atoms with Gasteiger partial charge in [-0.15, -0.1) is 0 Å². The Hall–Kier alpha value is -0.830. The summed E-state index contributed by atoms with van der Waals surface area (Å²) in [6.07, 6.45) is 0.566. The minimum absolute atomic E-state index is 0.335. The van der Waals surface area contributed by atoms with Crippen molar-refractivity contribution in [3.63, 3.8) is 0 Å². The van der Waals surface area contributed by atoms with Crippen molar-refractivity contribution >= 4 is 21.9 Å². The van der Waals surface area contributed by atoms with E-state index in [2.05, 4.69) is 15.9 Å². The molecular formula is C10H11BrO2. The quantitative estimate of drug-likeness (QED) is 0.886. The summed E-state index contributed by atoms with van der Waals surface area (Å²) in [5.41, 5.74) is 1.04. The Morgan fingerprint density at radius 2 is 2.15 bits per heavy atom. The predicted octanol–water partition coefficient (Wildman–Crippen LogP) is 2.71. The van der Waals surface area contributed by atoms with E-state index in [0.29, 0.717) is 6.42 Å². The van der Waals surface area contributed by atoms with E-state index in [1.54, 1.807) is 6.92 Å². The van der Waals surface area contributed by atoms with Crippen molar-refractivity contribution < 1.29 is 9.90 Å². The Kier molecular flexibility index (Phi) is 3.48. The Bertz CT molecular complexity index is 310. The molecule has 13 heavy (non-hydrogen) atoms. The van der Waals surface area contributed by atoms with Crippen molar-refractivity contribution in [2.45, 2.75) is 13.3 Å². The highest BCUT2D eigenvalue weighted by atomic mass is 79.9. The molecule has 0 aliphatic heterocycles. The highest BCUT2D eigenvalue weighted by molar-refractivity contribution is 9.10. The van der Waals surface area contributed by atoms with Crippen LogP contribution >= 0.6 is 15.9 Å². The second-order valence-electron chi connectivity index (χ2n) is 3.03. The molecule has 0 spiro atoms. The van der Waals surface area contributed by atoms with E-state index in [1.165, 1.54) is 0 Å². The number of benzene rings is 1. The van der Waals surface area contributed by atoms with Crippen molar-refractivity contribution in [1.82, 2.24) is 0 Å². The van der Waals surface area contributed by atoms with Crippen molar-refractivity contribution in [3.8, 4) is 0 Å². The van der Waals surface area contributed by atoms with Gasteiger partial charge in [0.25, 0.3) is 0 Å². The van der Waals surface area contributed by atoms with Gasteiger partial charge < -0.3 is 5.11 Å². The van der Waals surface area contributed by atoms with Crippen LogP contribution < -0.4 is 0 Å². The van der Waals surface area contributed by atoms with Crippen LogP contribution in [-0.2, 0) is 11.2 Å². The van der Waals surface area contributed by atoms with Gasteiger partial charge in [-0.2, -0.15) is 0 Å². The van der Waals surface area contributed by atoms with Crippen molar-refractivity contribution in [1.29, 1.82) is 0 Å². The monoisotopic (exact) mass is 242 g/mol. The van der Waals surface area contributed by atoms with Crippen LogP contribution in [0.3, 0.4) is 0 Å². The van der Waals surface area contributed by atoms with Gasteiger partial charge >= 0.3 is 5.97 Å². The van der Waals surface area contributed by atoms with Crippen molar-refractivity contribution in [2.24, 2.45) is 5.92 Å². The van der Waals surface area contributed by atoms with E-state index in [1.807, 2.05) is 24.3 Å². The van der Waals surface area contributed by atoms with Gasteiger partial charge in [0, 0.05) is 4.47 Å². The first-order chi connectivity index (χ1) is 6.11. The van der Waals surface area contributed by atoms with Gasteiger partial charge in [0.1, 0.15) is 0 Å². The summed E-state index contributed by atoms with van der Waals surface area (Å²) in [7, 11) is 0. The molecule has 3 heteroatoms. The number of aliphatic carboxylic acids is 1. The maximum absolute atomic E-state index is 10.6. The molecule has 0 amide bonds. The SMILES string of the molecule is C[C@@H](Cc1ccccc1Br)C(=O)O. The number of carbonyl (C=O) groups is 1. The van der Waals surface area contributed by atoms with E-state index >= 15 is 0 Å². The molecule has 1 atom stereocenters. The van der Waals surface area contributed by atoms with E-state index in [9.17, 15) is 4.79 Å². The lowest BCUT2D eigenvalue weighted by atomic mass is 10.0. The predicted molar refractivity (Wildman–Crippen MR) is 54.6 cm³/mol. The lowest BCUT2D eigenvalue weighted by molar-refractivity contribution is -0.141. The first kappa shape index (κ1) is 10.3. The number of carboxylic acid groups (broad SMARTS) is 1. The third kappa shape index (κ3) is 2.84. The molecule has 0 bridgehead atoms. The molecule has 1 aromatic carbocycles. The van der Waals surface area contributed by atoms with Crippen LogP contribution in [-0.4, -0.2) is 11.1 Å². The largest absolute Gasteiger partial charge is 0.481 e. The maximum Gasteiger partial charge on any atom is 0.306 e. The summed E-state index contributed by atoms with van der Waals surface area (Å²) in [5, 5.41) is 8.72. The molecule has 70 valence electrons. The Morgan fingerprint density at radius 3 is 2.69 bits per heavy atom. The summed E-state index contributed by atoms with van der Waals surface area (Å²) in [6.45, 7) is 1.71. The van der Waals surface area contributed by atoms with Crippen LogP contribution in [0.1, 0.15) is 12.5 Å². The molecule has 2 nitrogen and oxygen atoms in total. The molecule has 0 heterocycles. The van der Waals surface area contributed by atoms with Gasteiger partial charge in [-0.1, -0.05) is 41.1 Å². The lowest BCUT2D eigenvalue weighted by Gasteiger charge is -2.07. The van der Waals surface area contributed by atoms with Crippen molar-refractivity contribution in [3.05, 3.63) is 34.3 Å². The fourth-order valence-corrected chi connectivity index (χ4v) is 1.53. The van der Waals surface area contributed by atoms with Gasteiger partial charge in [-0.25, -0.2) is 0 Å². The van der Waals surface area contributed by atoms with Gasteiger partial charge in [0.15, 0.2) is 0 Å². The third-order valence-electron chi connectivity index (χ3n) is 1.91. The molecule has 0 unspecified atom stereocenters. The molecular weight excluding hydrogens is 232 g/mol. The molecule has 0 aliphatic carbocycles. The standard InChI is InChI=1S/C10H11BrO2/c1-7(10(12)13)6-8-4-2-3-5-9(8)11/h2-5,7H,6H2,1H3,(H,12,13)/t7-/m0/s1. The highest BCUT2D eigenvalue weighted by Crippen LogP contribution is 2.19. The molecule has 0 aliphatic rings. The van der Waals surface area contributed by atoms with Gasteiger partial charge in [-0.3, -0.25) is 4.79 Å². The third-order valence-corrected chi connectivity index (χ3v) is 2.68. The molecule has 0 radical (unpaired) electrons. The first-order valence-corrected chi connectivity index (χ1v) is 4.86. The van der Waals surface area contributed by atoms with Crippen LogP contribution in [0, 0.1) is 5.92 Å². The van der Waals surface area contributed by atoms with Crippen LogP contribution in [0.4, 0.5) is 0 Å². The number of carboxylic acids is 1. The molecule has 0 aromatic heterocycles. The van der Waals surface area contributed by atoms with Crippen LogP contribution in [0.2, 0.25) is 0 Å². The first-order valence-electron chi connectivity index (χ1n) is 4.07. The van der Waals surface area contributed by atoms with Gasteiger partial charge in [0.05, 0.1) is 5.92 Å². The number of halogens is 1. The second-order valence-corrected chi connectivity index (χ2v) is 3.89. The highest BCUT2D eigenvalue weighted by Gasteiger charge is 2.12. The molecule has 1 N–H and O–H groups in total. The van der Waals surface area contributed by atoms with Crippen LogP contribution in [0.25, 0.3) is 0 Å². The minimum atomic E-state index is -0.754. The summed E-state index contributed by atoms with van der Waals surface area (Å²) in [4.78, 5) is 10.6. The van der Waals surface area contributed by atoms with E-state index < -0.39 is 5.97 Å². The zero-order valence-electron chi connectivity index (χ0n) is 7.33. The molecule has 1 rings (SSSR count). The van der Waals surface area contributed by atoms with E-state index in [-0.39, 0.29) is 5.92 Å².